The summed E-state index contributed by atoms with van der Waals surface area (Å²) in [5.74, 6) is -0.0733. The average molecular weight is 828 g/mol. The number of aliphatic hydroxyl groups is 2. The van der Waals surface area contributed by atoms with Crippen molar-refractivity contribution in [2.24, 2.45) is 0 Å². The zero-order valence-corrected chi connectivity index (χ0v) is 40.0. The molecule has 2 unspecified atom stereocenters. The number of hydrogen-bond donors (Lipinski definition) is 3. The third kappa shape index (κ3) is 47.5. The Labute approximate surface area is 370 Å². The molecule has 0 fully saturated rings. The van der Waals surface area contributed by atoms with E-state index in [1.807, 2.05) is 6.08 Å². The van der Waals surface area contributed by atoms with E-state index in [9.17, 15) is 15.0 Å². The lowest BCUT2D eigenvalue weighted by molar-refractivity contribution is -0.123. The van der Waals surface area contributed by atoms with Crippen LogP contribution in [0.5, 0.6) is 0 Å². The Morgan fingerprint density at radius 2 is 0.661 bits per heavy atom. The second kappa shape index (κ2) is 51.0. The second-order valence-corrected chi connectivity index (χ2v) is 18.3. The molecular weight excluding hydrogens is 723 g/mol. The Kier molecular flexibility index (Phi) is 49.8. The lowest BCUT2D eigenvalue weighted by Crippen LogP contribution is -2.45. The Morgan fingerprint density at radius 3 is 0.983 bits per heavy atom. The summed E-state index contributed by atoms with van der Waals surface area (Å²) >= 11 is 0. The molecule has 0 aliphatic rings. The van der Waals surface area contributed by atoms with Crippen LogP contribution in [0.4, 0.5) is 0 Å². The summed E-state index contributed by atoms with van der Waals surface area (Å²) in [4.78, 5) is 12.4. The zero-order chi connectivity index (χ0) is 42.8. The number of allylic oxidation sites excluding steroid dienone is 5. The molecular formula is C55H105NO3. The second-order valence-electron chi connectivity index (χ2n) is 18.3. The maximum atomic E-state index is 12.4. The molecule has 0 saturated heterocycles. The van der Waals surface area contributed by atoms with E-state index in [1.165, 1.54) is 231 Å². The molecule has 59 heavy (non-hydrogen) atoms. The molecule has 0 rings (SSSR count). The van der Waals surface area contributed by atoms with Gasteiger partial charge >= 0.3 is 0 Å². The summed E-state index contributed by atoms with van der Waals surface area (Å²) in [6.45, 7) is 4.32. The molecule has 0 saturated carbocycles. The van der Waals surface area contributed by atoms with E-state index in [0.29, 0.717) is 6.42 Å². The molecule has 348 valence electrons. The van der Waals surface area contributed by atoms with Crippen molar-refractivity contribution in [2.75, 3.05) is 6.61 Å². The van der Waals surface area contributed by atoms with Gasteiger partial charge in [-0.25, -0.2) is 0 Å². The fourth-order valence-electron chi connectivity index (χ4n) is 8.27. The first-order chi connectivity index (χ1) is 29.2. The first-order valence-corrected chi connectivity index (χ1v) is 26.7. The van der Waals surface area contributed by atoms with Crippen LogP contribution in [0.2, 0.25) is 0 Å². The molecule has 0 aromatic carbocycles. The third-order valence-corrected chi connectivity index (χ3v) is 12.4. The summed E-state index contributed by atoms with van der Waals surface area (Å²) < 4.78 is 0. The average Bonchev–Trinajstić information content (AvgIpc) is 3.24. The van der Waals surface area contributed by atoms with E-state index in [-0.39, 0.29) is 12.5 Å². The minimum Gasteiger partial charge on any atom is -0.394 e. The number of unbranched alkanes of at least 4 members (excludes halogenated alkanes) is 38. The topological polar surface area (TPSA) is 69.6 Å². The van der Waals surface area contributed by atoms with Gasteiger partial charge in [-0.3, -0.25) is 4.79 Å². The summed E-state index contributed by atoms with van der Waals surface area (Å²) in [5, 5.41) is 23.1. The van der Waals surface area contributed by atoms with Crippen LogP contribution in [0.15, 0.2) is 36.5 Å². The van der Waals surface area contributed by atoms with Crippen molar-refractivity contribution in [3.8, 4) is 0 Å². The summed E-state index contributed by atoms with van der Waals surface area (Å²) in [5.41, 5.74) is 0. The van der Waals surface area contributed by atoms with Crippen LogP contribution in [0, 0.1) is 0 Å². The minimum atomic E-state index is -0.868. The van der Waals surface area contributed by atoms with Gasteiger partial charge in [0.25, 0.3) is 0 Å². The quantitative estimate of drug-likeness (QED) is 0.0423. The number of carbonyl (C=O) groups excluding carboxylic acids is 1. The van der Waals surface area contributed by atoms with Gasteiger partial charge < -0.3 is 15.5 Å². The summed E-state index contributed by atoms with van der Waals surface area (Å²) in [6.07, 6.45) is 68.7. The van der Waals surface area contributed by atoms with Gasteiger partial charge in [-0.1, -0.05) is 275 Å². The highest BCUT2D eigenvalue weighted by atomic mass is 16.3. The van der Waals surface area contributed by atoms with Gasteiger partial charge in [0.1, 0.15) is 0 Å². The highest BCUT2D eigenvalue weighted by molar-refractivity contribution is 5.76. The third-order valence-electron chi connectivity index (χ3n) is 12.4. The minimum absolute atomic E-state index is 0.0733. The lowest BCUT2D eigenvalue weighted by atomic mass is 10.0. The van der Waals surface area contributed by atoms with Gasteiger partial charge in [0.15, 0.2) is 0 Å². The predicted octanol–water partition coefficient (Wildman–Crippen LogP) is 17.3. The number of amides is 1. The summed E-state index contributed by atoms with van der Waals surface area (Å²) in [7, 11) is 0. The van der Waals surface area contributed by atoms with Gasteiger partial charge in [-0.2, -0.15) is 0 Å². The molecule has 0 aromatic heterocycles. The fraction of sp³-hybridized carbons (Fsp3) is 0.873. The van der Waals surface area contributed by atoms with E-state index in [0.717, 1.165) is 38.5 Å². The van der Waals surface area contributed by atoms with Crippen molar-refractivity contribution in [3.05, 3.63) is 36.5 Å². The van der Waals surface area contributed by atoms with Gasteiger partial charge in [0, 0.05) is 6.42 Å². The van der Waals surface area contributed by atoms with E-state index >= 15 is 0 Å². The number of hydrogen-bond acceptors (Lipinski definition) is 3. The molecule has 0 spiro atoms. The van der Waals surface area contributed by atoms with Crippen molar-refractivity contribution < 1.29 is 15.0 Å². The smallest absolute Gasteiger partial charge is 0.220 e. The molecule has 2 atom stereocenters. The number of nitrogens with one attached hydrogen (secondary N) is 1. The van der Waals surface area contributed by atoms with Crippen molar-refractivity contribution in [2.45, 2.75) is 302 Å². The van der Waals surface area contributed by atoms with E-state index in [1.54, 1.807) is 6.08 Å². The Morgan fingerprint density at radius 1 is 0.390 bits per heavy atom. The van der Waals surface area contributed by atoms with Crippen LogP contribution in [-0.2, 0) is 4.79 Å². The monoisotopic (exact) mass is 828 g/mol. The van der Waals surface area contributed by atoms with Crippen molar-refractivity contribution >= 4 is 5.91 Å². The molecule has 4 heteroatoms. The Bertz CT molecular complexity index is 897. The molecule has 0 aromatic rings. The van der Waals surface area contributed by atoms with Crippen LogP contribution >= 0.6 is 0 Å². The highest BCUT2D eigenvalue weighted by Crippen LogP contribution is 2.17. The van der Waals surface area contributed by atoms with Crippen molar-refractivity contribution in [3.63, 3.8) is 0 Å². The van der Waals surface area contributed by atoms with Crippen LogP contribution in [-0.4, -0.2) is 34.9 Å². The zero-order valence-electron chi connectivity index (χ0n) is 40.0. The van der Waals surface area contributed by atoms with Crippen molar-refractivity contribution in [1.82, 2.24) is 5.32 Å². The van der Waals surface area contributed by atoms with Gasteiger partial charge in [-0.15, -0.1) is 0 Å². The van der Waals surface area contributed by atoms with Crippen LogP contribution in [0.3, 0.4) is 0 Å². The summed E-state index contributed by atoms with van der Waals surface area (Å²) in [6, 6.07) is -0.643. The van der Waals surface area contributed by atoms with Crippen LogP contribution in [0.25, 0.3) is 0 Å². The normalized spacial score (nSPS) is 13.1. The molecule has 0 radical (unpaired) electrons. The fourth-order valence-corrected chi connectivity index (χ4v) is 8.27. The Balaban J connectivity index is 3.55. The van der Waals surface area contributed by atoms with Gasteiger partial charge in [0.05, 0.1) is 18.8 Å². The van der Waals surface area contributed by atoms with Gasteiger partial charge in [0.2, 0.25) is 5.91 Å². The first-order valence-electron chi connectivity index (χ1n) is 26.7. The molecule has 4 nitrogen and oxygen atoms in total. The molecule has 0 aliphatic carbocycles. The maximum absolute atomic E-state index is 12.4. The van der Waals surface area contributed by atoms with Gasteiger partial charge in [-0.05, 0) is 44.9 Å². The largest absolute Gasteiger partial charge is 0.394 e. The standard InChI is InChI=1S/C55H105NO3/c1-3-5-7-9-11-13-15-17-19-21-23-24-25-26-27-28-29-30-31-33-34-36-38-40-42-44-46-48-50-54(58)53(52-57)56-55(59)51-49-47-45-43-41-39-37-35-32-22-20-18-16-14-12-10-8-6-4-2/h33-34,40,42,48,50,53-54,57-58H,3-32,35-39,41,43-47,49,51-52H2,1-2H3,(H,56,59)/b34-33+,42-40+,50-48+. The van der Waals surface area contributed by atoms with E-state index in [4.69, 9.17) is 0 Å². The van der Waals surface area contributed by atoms with E-state index < -0.39 is 12.1 Å². The van der Waals surface area contributed by atoms with Crippen molar-refractivity contribution in [1.29, 1.82) is 0 Å². The molecule has 3 N–H and O–H groups in total. The first kappa shape index (κ1) is 57.6. The molecule has 0 heterocycles. The molecule has 0 bridgehead atoms. The molecule has 0 aliphatic heterocycles. The lowest BCUT2D eigenvalue weighted by Gasteiger charge is -2.19. The van der Waals surface area contributed by atoms with E-state index in [2.05, 4.69) is 43.5 Å². The maximum Gasteiger partial charge on any atom is 0.220 e. The number of carbonyl (C=O) groups is 1. The highest BCUT2D eigenvalue weighted by Gasteiger charge is 2.17. The van der Waals surface area contributed by atoms with Crippen LogP contribution in [0.1, 0.15) is 290 Å². The predicted molar refractivity (Wildman–Crippen MR) is 262 cm³/mol. The molecule has 1 amide bonds. The Hall–Kier alpha value is -1.39. The number of rotatable bonds is 49. The number of aliphatic hydroxyl groups excluding tert-OH is 2. The van der Waals surface area contributed by atoms with Crippen LogP contribution < -0.4 is 5.32 Å². The SMILES string of the molecule is CCCCCCCCCCCCCCCCCCCC/C=C/CC/C=C/CC/C=C/C(O)C(CO)NC(=O)CCCCCCCCCCCCCCCCCCCCC.